The summed E-state index contributed by atoms with van der Waals surface area (Å²) in [4.78, 5) is 4.47. The van der Waals surface area contributed by atoms with Gasteiger partial charge in [0.1, 0.15) is 0 Å². The molecule has 3 rings (SSSR count). The van der Waals surface area contributed by atoms with E-state index in [9.17, 15) is 13.2 Å². The Bertz CT molecular complexity index is 896. The van der Waals surface area contributed by atoms with E-state index in [1.165, 1.54) is 23.9 Å². The molecule has 0 N–H and O–H groups in total. The number of alkyl halides is 3. The number of nitrogens with zero attached hydrogens (tertiary/aromatic N) is 2. The van der Waals surface area contributed by atoms with Crippen LogP contribution in [0.2, 0.25) is 0 Å². The van der Waals surface area contributed by atoms with Crippen LogP contribution in [0.4, 0.5) is 13.2 Å². The van der Waals surface area contributed by atoms with Crippen molar-refractivity contribution >= 4 is 11.8 Å². The van der Waals surface area contributed by atoms with Gasteiger partial charge in [-0.15, -0.1) is 0 Å². The van der Waals surface area contributed by atoms with Gasteiger partial charge < -0.3 is 0 Å². The Morgan fingerprint density at radius 1 is 1.04 bits per heavy atom. The lowest BCUT2D eigenvalue weighted by atomic mass is 10.1. The molecule has 6 heteroatoms. The zero-order valence-electron chi connectivity index (χ0n) is 14.7. The highest BCUT2D eigenvalue weighted by atomic mass is 32.2. The molecule has 0 aliphatic rings. The van der Waals surface area contributed by atoms with Crippen LogP contribution in [-0.2, 0) is 6.18 Å². The molecule has 0 bridgehead atoms. The number of rotatable bonds is 4. The summed E-state index contributed by atoms with van der Waals surface area (Å²) in [5.74, 6) is 0. The molecule has 0 radical (unpaired) electrons. The lowest BCUT2D eigenvalue weighted by Crippen LogP contribution is -2.07. The second-order valence-corrected chi connectivity index (χ2v) is 7.89. The normalized spacial score (nSPS) is 12.0. The lowest BCUT2D eigenvalue weighted by Gasteiger charge is -2.15. The summed E-state index contributed by atoms with van der Waals surface area (Å²) in [5, 5.41) is 0.933. The topological polar surface area (TPSA) is 17.8 Å². The standard InChI is InChI=1S/C20H19F3N2S/c1-13(2)26-19-24-12-18(15-9-7-14(3)8-10-15)25(19)17-6-4-5-16(11-17)20(21,22)23/h4-13H,1-3H3. The van der Waals surface area contributed by atoms with Crippen molar-refractivity contribution in [2.75, 3.05) is 0 Å². The number of hydrogen-bond acceptors (Lipinski definition) is 2. The average Bonchev–Trinajstić information content (AvgIpc) is 2.97. The van der Waals surface area contributed by atoms with Gasteiger partial charge >= 0.3 is 6.18 Å². The van der Waals surface area contributed by atoms with E-state index in [4.69, 9.17) is 0 Å². The first-order chi connectivity index (χ1) is 12.3. The molecule has 0 aliphatic heterocycles. The van der Waals surface area contributed by atoms with E-state index in [0.29, 0.717) is 10.8 Å². The summed E-state index contributed by atoms with van der Waals surface area (Å²) in [5.41, 5.74) is 2.59. The Balaban J connectivity index is 2.18. The molecule has 0 fully saturated rings. The van der Waals surface area contributed by atoms with Crippen molar-refractivity contribution in [2.45, 2.75) is 37.4 Å². The maximum Gasteiger partial charge on any atom is 0.416 e. The molecular formula is C20H19F3N2S. The molecule has 0 unspecified atom stereocenters. The van der Waals surface area contributed by atoms with Gasteiger partial charge in [-0.25, -0.2) is 4.98 Å². The van der Waals surface area contributed by atoms with Crippen LogP contribution in [-0.4, -0.2) is 14.8 Å². The van der Waals surface area contributed by atoms with Gasteiger partial charge in [0.05, 0.1) is 17.5 Å². The third kappa shape index (κ3) is 3.96. The van der Waals surface area contributed by atoms with Crippen LogP contribution in [0.25, 0.3) is 16.9 Å². The van der Waals surface area contributed by atoms with Gasteiger partial charge in [-0.1, -0.05) is 61.5 Å². The maximum absolute atomic E-state index is 13.2. The molecule has 136 valence electrons. The van der Waals surface area contributed by atoms with Crippen LogP contribution < -0.4 is 0 Å². The fraction of sp³-hybridized carbons (Fsp3) is 0.250. The van der Waals surface area contributed by atoms with Gasteiger partial charge in [-0.3, -0.25) is 4.57 Å². The minimum Gasteiger partial charge on any atom is -0.287 e. The SMILES string of the molecule is Cc1ccc(-c2cnc(SC(C)C)n2-c2cccc(C(F)(F)F)c2)cc1. The smallest absolute Gasteiger partial charge is 0.287 e. The average molecular weight is 376 g/mol. The predicted molar refractivity (Wildman–Crippen MR) is 99.7 cm³/mol. The molecule has 2 aromatic carbocycles. The zero-order valence-corrected chi connectivity index (χ0v) is 15.5. The van der Waals surface area contributed by atoms with Gasteiger partial charge in [0, 0.05) is 16.5 Å². The quantitative estimate of drug-likeness (QED) is 0.493. The third-order valence-electron chi connectivity index (χ3n) is 3.85. The first-order valence-corrected chi connectivity index (χ1v) is 9.13. The summed E-state index contributed by atoms with van der Waals surface area (Å²) >= 11 is 1.52. The fourth-order valence-electron chi connectivity index (χ4n) is 2.63. The van der Waals surface area contributed by atoms with Crippen molar-refractivity contribution in [1.82, 2.24) is 9.55 Å². The highest BCUT2D eigenvalue weighted by molar-refractivity contribution is 7.99. The molecule has 1 heterocycles. The lowest BCUT2D eigenvalue weighted by molar-refractivity contribution is -0.137. The van der Waals surface area contributed by atoms with Gasteiger partial charge in [0.25, 0.3) is 0 Å². The van der Waals surface area contributed by atoms with Crippen molar-refractivity contribution in [1.29, 1.82) is 0 Å². The van der Waals surface area contributed by atoms with E-state index in [2.05, 4.69) is 4.98 Å². The number of halogens is 3. The van der Waals surface area contributed by atoms with Crippen LogP contribution >= 0.6 is 11.8 Å². The minimum absolute atomic E-state index is 0.257. The van der Waals surface area contributed by atoms with E-state index in [1.807, 2.05) is 45.0 Å². The number of benzene rings is 2. The molecule has 2 nitrogen and oxygen atoms in total. The maximum atomic E-state index is 13.2. The molecule has 0 saturated heterocycles. The summed E-state index contributed by atoms with van der Waals surface area (Å²) in [6.07, 6.45) is -2.67. The van der Waals surface area contributed by atoms with Crippen LogP contribution in [0.1, 0.15) is 25.0 Å². The first-order valence-electron chi connectivity index (χ1n) is 8.25. The zero-order chi connectivity index (χ0) is 18.9. The number of aryl methyl sites for hydroxylation is 1. The number of thioether (sulfide) groups is 1. The van der Waals surface area contributed by atoms with Crippen LogP contribution in [0.5, 0.6) is 0 Å². The third-order valence-corrected chi connectivity index (χ3v) is 4.82. The van der Waals surface area contributed by atoms with Crippen molar-refractivity contribution in [3.8, 4) is 16.9 Å². The Hall–Kier alpha value is -2.21. The van der Waals surface area contributed by atoms with E-state index >= 15 is 0 Å². The van der Waals surface area contributed by atoms with E-state index in [-0.39, 0.29) is 5.25 Å². The molecule has 26 heavy (non-hydrogen) atoms. The van der Waals surface area contributed by atoms with Crippen LogP contribution in [0, 0.1) is 6.92 Å². The summed E-state index contributed by atoms with van der Waals surface area (Å²) in [6, 6.07) is 13.2. The highest BCUT2D eigenvalue weighted by Crippen LogP contribution is 2.35. The molecule has 3 aromatic rings. The van der Waals surface area contributed by atoms with Gasteiger partial charge in [0.2, 0.25) is 0 Å². The molecule has 0 saturated carbocycles. The van der Waals surface area contributed by atoms with E-state index in [1.54, 1.807) is 16.8 Å². The van der Waals surface area contributed by atoms with Crippen molar-refractivity contribution in [3.63, 3.8) is 0 Å². The predicted octanol–water partition coefficient (Wildman–Crippen LogP) is 6.37. The number of imidazole rings is 1. The summed E-state index contributed by atoms with van der Waals surface area (Å²) in [7, 11) is 0. The number of aromatic nitrogens is 2. The highest BCUT2D eigenvalue weighted by Gasteiger charge is 2.31. The second-order valence-electron chi connectivity index (χ2n) is 6.34. The van der Waals surface area contributed by atoms with E-state index < -0.39 is 11.7 Å². The summed E-state index contributed by atoms with van der Waals surface area (Å²) < 4.78 is 41.3. The Morgan fingerprint density at radius 2 is 1.73 bits per heavy atom. The second kappa shape index (κ2) is 7.19. The molecule has 0 amide bonds. The molecule has 0 atom stereocenters. The van der Waals surface area contributed by atoms with Gasteiger partial charge in [0.15, 0.2) is 5.16 Å². The van der Waals surface area contributed by atoms with Crippen molar-refractivity contribution in [2.24, 2.45) is 0 Å². The minimum atomic E-state index is -4.38. The van der Waals surface area contributed by atoms with Crippen LogP contribution in [0.3, 0.4) is 0 Å². The first kappa shape index (κ1) is 18.6. The molecule has 1 aromatic heterocycles. The largest absolute Gasteiger partial charge is 0.416 e. The Kier molecular flexibility index (Phi) is 5.14. The van der Waals surface area contributed by atoms with Gasteiger partial charge in [-0.2, -0.15) is 13.2 Å². The Labute approximate surface area is 155 Å². The molecule has 0 aliphatic carbocycles. The Morgan fingerprint density at radius 3 is 2.35 bits per heavy atom. The molecular weight excluding hydrogens is 357 g/mol. The van der Waals surface area contributed by atoms with Crippen molar-refractivity contribution < 1.29 is 13.2 Å². The summed E-state index contributed by atoms with van der Waals surface area (Å²) in [6.45, 7) is 6.05. The molecule has 0 spiro atoms. The number of hydrogen-bond donors (Lipinski definition) is 0. The van der Waals surface area contributed by atoms with Crippen molar-refractivity contribution in [3.05, 3.63) is 65.9 Å². The monoisotopic (exact) mass is 376 g/mol. The van der Waals surface area contributed by atoms with Gasteiger partial charge in [-0.05, 0) is 25.1 Å². The van der Waals surface area contributed by atoms with E-state index in [0.717, 1.165) is 22.9 Å². The fourth-order valence-corrected chi connectivity index (χ4v) is 3.47. The van der Waals surface area contributed by atoms with Crippen LogP contribution in [0.15, 0.2) is 59.9 Å².